The predicted molar refractivity (Wildman–Crippen MR) is 112 cm³/mol. The van der Waals surface area contributed by atoms with Crippen LogP contribution in [0.25, 0.3) is 0 Å². The van der Waals surface area contributed by atoms with Crippen LogP contribution in [0.3, 0.4) is 0 Å². The van der Waals surface area contributed by atoms with Gasteiger partial charge in [-0.25, -0.2) is 0 Å². The molecule has 0 amide bonds. The molecule has 0 saturated carbocycles. The molecule has 2 bridgehead atoms. The van der Waals surface area contributed by atoms with Crippen molar-refractivity contribution in [2.45, 2.75) is 67.2 Å². The van der Waals surface area contributed by atoms with E-state index in [0.29, 0.717) is 0 Å². The van der Waals surface area contributed by atoms with E-state index in [1.165, 1.54) is 16.4 Å². The van der Waals surface area contributed by atoms with Crippen molar-refractivity contribution >= 4 is 40.4 Å². The smallest absolute Gasteiger partial charge is 0.311 e. The molecule has 2 nitrogen and oxygen atoms in total. The molecule has 0 radical (unpaired) electrons. The first-order valence-corrected chi connectivity index (χ1v) is 12.0. The van der Waals surface area contributed by atoms with Gasteiger partial charge in [0.2, 0.25) is 0 Å². The van der Waals surface area contributed by atoms with Crippen LogP contribution in [0.4, 0.5) is 0 Å². The maximum atomic E-state index is 12.7. The van der Waals surface area contributed by atoms with Crippen molar-refractivity contribution in [2.75, 3.05) is 13.3 Å². The number of carbonyl (C=O) groups excluding carboxylic acids is 1. The zero-order valence-corrected chi connectivity index (χ0v) is 19.6. The third-order valence-electron chi connectivity index (χ3n) is 4.85. The quantitative estimate of drug-likeness (QED) is 0.392. The summed E-state index contributed by atoms with van der Waals surface area (Å²) in [4.78, 5) is 12.6. The number of ether oxygens (including phenoxy) is 1. The summed E-state index contributed by atoms with van der Waals surface area (Å²) in [5, 5.41) is 3.35. The predicted octanol–water partition coefficient (Wildman–Crippen LogP) is 6.27. The van der Waals surface area contributed by atoms with Crippen molar-refractivity contribution in [1.29, 1.82) is 0 Å². The number of hydrogen-bond donors (Lipinski definition) is 0. The number of carbonyl (C=O) groups is 1. The summed E-state index contributed by atoms with van der Waals surface area (Å²) in [6, 6.07) is 0. The Morgan fingerprint density at radius 2 is 1.42 bits per heavy atom. The van der Waals surface area contributed by atoms with Crippen LogP contribution in [0.1, 0.15) is 62.3 Å². The fourth-order valence-corrected chi connectivity index (χ4v) is 14.0. The Balaban J connectivity index is 2.78. The Morgan fingerprint density at radius 1 is 1.00 bits per heavy atom. The molecule has 0 aliphatic carbocycles. The standard InChI is InChI=1S/C19H33O2P3/c1-16(2,3)14-22-19(18(7,8)9)12(13(20)21-10)11-24(14)15(23-19)17(4,5)6/h12H,11H2,1-10H3. The molecule has 3 rings (SSSR count). The summed E-state index contributed by atoms with van der Waals surface area (Å²) in [7, 11) is 3.98. The van der Waals surface area contributed by atoms with E-state index in [9.17, 15) is 4.79 Å². The topological polar surface area (TPSA) is 26.3 Å². The zero-order chi connectivity index (χ0) is 18.7. The van der Waals surface area contributed by atoms with Gasteiger partial charge < -0.3 is 4.74 Å². The molecule has 1 atom stereocenters. The second kappa shape index (κ2) is 6.15. The molecule has 3 aliphatic heterocycles. The first-order chi connectivity index (χ1) is 10.6. The molecule has 0 saturated heterocycles. The van der Waals surface area contributed by atoms with Gasteiger partial charge in [0.05, 0.1) is 17.9 Å². The van der Waals surface area contributed by atoms with Gasteiger partial charge in [-0.05, 0) is 40.4 Å². The molecule has 0 aromatic rings. The Kier molecular flexibility index (Phi) is 5.26. The average molecular weight is 386 g/mol. The van der Waals surface area contributed by atoms with E-state index in [0.717, 1.165) is 6.16 Å². The van der Waals surface area contributed by atoms with E-state index in [1.54, 1.807) is 17.2 Å². The lowest BCUT2D eigenvalue weighted by Gasteiger charge is -2.56. The van der Waals surface area contributed by atoms with Gasteiger partial charge >= 0.3 is 5.97 Å². The summed E-state index contributed by atoms with van der Waals surface area (Å²) >= 11 is 0. The van der Waals surface area contributed by atoms with Crippen LogP contribution in [0.2, 0.25) is 0 Å². The third kappa shape index (κ3) is 3.29. The highest BCUT2D eigenvalue weighted by molar-refractivity contribution is 8.06. The van der Waals surface area contributed by atoms with Gasteiger partial charge in [-0.1, -0.05) is 78.7 Å². The second-order valence-corrected chi connectivity index (χ2v) is 16.0. The monoisotopic (exact) mass is 386 g/mol. The number of esters is 1. The van der Waals surface area contributed by atoms with Gasteiger partial charge in [0.15, 0.2) is 0 Å². The maximum absolute atomic E-state index is 12.7. The molecular formula is C19H33O2P3. The molecule has 0 aromatic heterocycles. The lowest BCUT2D eigenvalue weighted by atomic mass is 9.83. The fraction of sp³-hybridized carbons (Fsp3) is 0.842. The largest absolute Gasteiger partial charge is 0.469 e. The normalized spacial score (nSPS) is 32.1. The van der Waals surface area contributed by atoms with E-state index < -0.39 is 0 Å². The van der Waals surface area contributed by atoms with Gasteiger partial charge in [-0.15, -0.1) is 0 Å². The molecule has 24 heavy (non-hydrogen) atoms. The number of fused-ring (bicyclic) bond motifs is 1. The van der Waals surface area contributed by atoms with Crippen LogP contribution in [-0.2, 0) is 9.53 Å². The lowest BCUT2D eigenvalue weighted by Crippen LogP contribution is -2.52. The summed E-state index contributed by atoms with van der Waals surface area (Å²) in [6.07, 6.45) is 0.985. The highest BCUT2D eigenvalue weighted by atomic mass is 31.2. The zero-order valence-electron chi connectivity index (χ0n) is 16.9. The molecule has 1 unspecified atom stereocenters. The average Bonchev–Trinajstić information content (AvgIpc) is 2.42. The molecule has 0 fully saturated rings. The van der Waals surface area contributed by atoms with Crippen LogP contribution in [0, 0.1) is 22.2 Å². The van der Waals surface area contributed by atoms with Gasteiger partial charge in [0.1, 0.15) is 0 Å². The molecule has 3 heterocycles. The van der Waals surface area contributed by atoms with Crippen molar-refractivity contribution in [3.63, 3.8) is 0 Å². The number of rotatable bonds is 1. The van der Waals surface area contributed by atoms with Crippen LogP contribution >= 0.6 is 24.3 Å². The van der Waals surface area contributed by atoms with Crippen molar-refractivity contribution < 1.29 is 9.53 Å². The highest BCUT2D eigenvalue weighted by Gasteiger charge is 2.59. The van der Waals surface area contributed by atoms with Crippen molar-refractivity contribution in [3.8, 4) is 0 Å². The number of methoxy groups -OCH3 is 1. The first kappa shape index (κ1) is 20.6. The summed E-state index contributed by atoms with van der Waals surface area (Å²) < 4.78 is 5.25. The second-order valence-electron chi connectivity index (χ2n) is 10.0. The number of hydrogen-bond acceptors (Lipinski definition) is 2. The molecule has 3 aliphatic rings. The Labute approximate surface area is 152 Å². The van der Waals surface area contributed by atoms with E-state index in [1.807, 2.05) is 0 Å². The molecule has 5 heteroatoms. The molecule has 0 spiro atoms. The van der Waals surface area contributed by atoms with Gasteiger partial charge in [-0.3, -0.25) is 4.79 Å². The fourth-order valence-electron chi connectivity index (χ4n) is 3.59. The van der Waals surface area contributed by atoms with E-state index in [2.05, 4.69) is 62.3 Å². The minimum atomic E-state index is -0.355. The van der Waals surface area contributed by atoms with E-state index in [-0.39, 0.29) is 41.0 Å². The first-order valence-electron chi connectivity index (χ1n) is 8.71. The molecule has 0 aromatic carbocycles. The van der Waals surface area contributed by atoms with Crippen LogP contribution in [0.5, 0.6) is 0 Å². The van der Waals surface area contributed by atoms with Crippen LogP contribution < -0.4 is 0 Å². The Bertz CT molecular complexity index is 566. The van der Waals surface area contributed by atoms with Gasteiger partial charge in [0.25, 0.3) is 0 Å². The minimum absolute atomic E-state index is 0.00153. The lowest BCUT2D eigenvalue weighted by molar-refractivity contribution is -0.145. The summed E-state index contributed by atoms with van der Waals surface area (Å²) in [5.74, 6) is 0.0208. The molecule has 0 N–H and O–H groups in total. The molecule has 136 valence electrons. The van der Waals surface area contributed by atoms with E-state index >= 15 is 0 Å². The third-order valence-corrected chi connectivity index (χ3v) is 15.0. The van der Waals surface area contributed by atoms with Gasteiger partial charge in [0, 0.05) is 0 Å². The molecular weight excluding hydrogens is 353 g/mol. The van der Waals surface area contributed by atoms with Gasteiger partial charge in [-0.2, -0.15) is 0 Å². The Hall–Kier alpha value is 0.240. The highest BCUT2D eigenvalue weighted by Crippen LogP contribution is 2.74. The SMILES string of the molecule is COC(=O)C1CP2C(C(C)(C)C)=PC1(C(C)(C)C)P=C2C(C)(C)C. The minimum Gasteiger partial charge on any atom is -0.469 e. The van der Waals surface area contributed by atoms with Crippen LogP contribution in [0.15, 0.2) is 0 Å². The Morgan fingerprint density at radius 3 is 1.71 bits per heavy atom. The van der Waals surface area contributed by atoms with Crippen molar-refractivity contribution in [1.82, 2.24) is 0 Å². The summed E-state index contributed by atoms with van der Waals surface area (Å²) in [6.45, 7) is 21.0. The van der Waals surface area contributed by atoms with Crippen molar-refractivity contribution in [2.24, 2.45) is 22.2 Å². The van der Waals surface area contributed by atoms with Crippen molar-refractivity contribution in [3.05, 3.63) is 0 Å². The maximum Gasteiger partial charge on any atom is 0.311 e. The van der Waals surface area contributed by atoms with Crippen LogP contribution in [-0.4, -0.2) is 34.2 Å². The summed E-state index contributed by atoms with van der Waals surface area (Å²) in [5.41, 5.74) is 0.429. The van der Waals surface area contributed by atoms with E-state index in [4.69, 9.17) is 4.74 Å².